The second kappa shape index (κ2) is 7.90. The Bertz CT molecular complexity index is 617. The largest absolute Gasteiger partial charge is 0.395 e. The fraction of sp³-hybridized carbons (Fsp3) is 0.611. The predicted octanol–water partition coefficient (Wildman–Crippen LogP) is 1.85. The molecule has 0 spiro atoms. The molecule has 23 heavy (non-hydrogen) atoms. The van der Waals surface area contributed by atoms with Gasteiger partial charge in [-0.15, -0.1) is 0 Å². The minimum absolute atomic E-state index is 0.274. The van der Waals surface area contributed by atoms with Gasteiger partial charge in [0.05, 0.1) is 24.2 Å². The van der Waals surface area contributed by atoms with E-state index in [0.717, 1.165) is 56.5 Å². The summed E-state index contributed by atoms with van der Waals surface area (Å²) in [7, 11) is 0. The van der Waals surface area contributed by atoms with Crippen molar-refractivity contribution in [2.75, 3.05) is 32.8 Å². The average molecular weight is 316 g/mol. The highest BCUT2D eigenvalue weighted by Gasteiger charge is 2.18. The first-order valence-electron chi connectivity index (χ1n) is 8.80. The fourth-order valence-corrected chi connectivity index (χ4v) is 3.56. The minimum atomic E-state index is 0.274. The van der Waals surface area contributed by atoms with Crippen LogP contribution in [0.3, 0.4) is 0 Å². The summed E-state index contributed by atoms with van der Waals surface area (Å²) < 4.78 is 2.30. The molecule has 1 aliphatic rings. The number of aliphatic hydroxyl groups excluding tert-OH is 1. The van der Waals surface area contributed by atoms with Crippen LogP contribution in [0.25, 0.3) is 11.0 Å². The molecule has 0 radical (unpaired) electrons. The van der Waals surface area contributed by atoms with E-state index in [9.17, 15) is 0 Å². The lowest BCUT2D eigenvalue weighted by Crippen LogP contribution is -2.38. The van der Waals surface area contributed by atoms with Crippen LogP contribution >= 0.6 is 0 Å². The third-order valence-corrected chi connectivity index (χ3v) is 4.89. The van der Waals surface area contributed by atoms with Crippen LogP contribution in [0.2, 0.25) is 0 Å². The number of likely N-dealkylation sites (tertiary alicyclic amines) is 1. The molecule has 0 amide bonds. The van der Waals surface area contributed by atoms with Crippen molar-refractivity contribution in [1.29, 1.82) is 0 Å². The van der Waals surface area contributed by atoms with Crippen LogP contribution < -0.4 is 5.32 Å². The molecule has 1 saturated heterocycles. The number of imidazole rings is 1. The van der Waals surface area contributed by atoms with Gasteiger partial charge in [-0.25, -0.2) is 4.98 Å². The van der Waals surface area contributed by atoms with E-state index in [4.69, 9.17) is 10.1 Å². The molecule has 126 valence electrons. The zero-order chi connectivity index (χ0) is 16.1. The predicted molar refractivity (Wildman–Crippen MR) is 93.4 cm³/mol. The molecule has 5 heteroatoms. The van der Waals surface area contributed by atoms with Crippen molar-refractivity contribution >= 4 is 11.0 Å². The summed E-state index contributed by atoms with van der Waals surface area (Å²) in [6.07, 6.45) is 2.44. The quantitative estimate of drug-likeness (QED) is 0.818. The molecule has 0 aliphatic carbocycles. The number of nitrogens with one attached hydrogen (secondary N) is 1. The number of benzene rings is 1. The fourth-order valence-electron chi connectivity index (χ4n) is 3.56. The van der Waals surface area contributed by atoms with Crippen LogP contribution in [0.4, 0.5) is 0 Å². The maximum Gasteiger partial charge on any atom is 0.123 e. The first-order chi connectivity index (χ1) is 11.3. The molecule has 0 saturated carbocycles. The van der Waals surface area contributed by atoms with E-state index in [1.807, 2.05) is 6.07 Å². The van der Waals surface area contributed by atoms with E-state index < -0.39 is 0 Å². The van der Waals surface area contributed by atoms with E-state index in [-0.39, 0.29) is 6.61 Å². The van der Waals surface area contributed by atoms with Gasteiger partial charge in [-0.05, 0) is 57.5 Å². The summed E-state index contributed by atoms with van der Waals surface area (Å²) in [6.45, 7) is 8.34. The molecule has 0 atom stereocenters. The van der Waals surface area contributed by atoms with Gasteiger partial charge >= 0.3 is 0 Å². The smallest absolute Gasteiger partial charge is 0.123 e. The number of hydrogen-bond donors (Lipinski definition) is 2. The lowest BCUT2D eigenvalue weighted by Gasteiger charge is -2.31. The first kappa shape index (κ1) is 16.4. The van der Waals surface area contributed by atoms with E-state index in [2.05, 4.69) is 39.9 Å². The van der Waals surface area contributed by atoms with Crippen molar-refractivity contribution in [2.45, 2.75) is 32.9 Å². The Labute approximate surface area is 138 Å². The maximum absolute atomic E-state index is 9.00. The van der Waals surface area contributed by atoms with Crippen molar-refractivity contribution in [3.8, 4) is 0 Å². The molecule has 2 heterocycles. The Kier molecular flexibility index (Phi) is 5.65. The van der Waals surface area contributed by atoms with Gasteiger partial charge in [0.25, 0.3) is 0 Å². The highest BCUT2D eigenvalue weighted by atomic mass is 16.3. The molecule has 1 fully saturated rings. The lowest BCUT2D eigenvalue weighted by atomic mass is 9.97. The minimum Gasteiger partial charge on any atom is -0.395 e. The van der Waals surface area contributed by atoms with Crippen molar-refractivity contribution < 1.29 is 5.11 Å². The first-order valence-corrected chi connectivity index (χ1v) is 8.80. The molecule has 1 aromatic heterocycles. The van der Waals surface area contributed by atoms with Crippen LogP contribution in [-0.4, -0.2) is 52.3 Å². The lowest BCUT2D eigenvalue weighted by molar-refractivity contribution is 0.146. The Balaban J connectivity index is 1.51. The molecule has 1 aromatic carbocycles. The van der Waals surface area contributed by atoms with Crippen molar-refractivity contribution in [1.82, 2.24) is 19.8 Å². The van der Waals surface area contributed by atoms with Crippen LogP contribution in [0.1, 0.15) is 25.6 Å². The molecule has 3 rings (SSSR count). The topological polar surface area (TPSA) is 53.3 Å². The summed E-state index contributed by atoms with van der Waals surface area (Å²) >= 11 is 0. The summed E-state index contributed by atoms with van der Waals surface area (Å²) in [4.78, 5) is 7.12. The zero-order valence-electron chi connectivity index (χ0n) is 14.0. The van der Waals surface area contributed by atoms with Gasteiger partial charge in [-0.1, -0.05) is 12.1 Å². The maximum atomic E-state index is 9.00. The van der Waals surface area contributed by atoms with Crippen LogP contribution in [0, 0.1) is 5.92 Å². The Morgan fingerprint density at radius 2 is 2.04 bits per heavy atom. The molecule has 2 N–H and O–H groups in total. The van der Waals surface area contributed by atoms with Gasteiger partial charge < -0.3 is 19.9 Å². The van der Waals surface area contributed by atoms with Crippen molar-refractivity contribution in [3.63, 3.8) is 0 Å². The Morgan fingerprint density at radius 3 is 2.78 bits per heavy atom. The van der Waals surface area contributed by atoms with Crippen LogP contribution in [-0.2, 0) is 13.1 Å². The number of aromatic nitrogens is 2. The number of aryl methyl sites for hydroxylation is 1. The average Bonchev–Trinajstić information content (AvgIpc) is 2.94. The molecule has 2 aromatic rings. The van der Waals surface area contributed by atoms with E-state index in [0.29, 0.717) is 0 Å². The summed E-state index contributed by atoms with van der Waals surface area (Å²) in [5.74, 6) is 1.87. The van der Waals surface area contributed by atoms with Gasteiger partial charge in [0.2, 0.25) is 0 Å². The van der Waals surface area contributed by atoms with E-state index >= 15 is 0 Å². The summed E-state index contributed by atoms with van der Waals surface area (Å²) in [6, 6.07) is 8.36. The molecule has 0 unspecified atom stereocenters. The zero-order valence-corrected chi connectivity index (χ0v) is 14.0. The monoisotopic (exact) mass is 316 g/mol. The van der Waals surface area contributed by atoms with Crippen LogP contribution in [0.5, 0.6) is 0 Å². The van der Waals surface area contributed by atoms with Gasteiger partial charge in [0, 0.05) is 13.1 Å². The number of β-amino-alcohol motifs (C(OH)–C–C–N with tert-alkyl or cyclic N) is 1. The summed E-state index contributed by atoms with van der Waals surface area (Å²) in [5, 5.41) is 12.6. The second-order valence-electron chi connectivity index (χ2n) is 6.40. The number of para-hydroxylation sites is 2. The van der Waals surface area contributed by atoms with Gasteiger partial charge in [0.1, 0.15) is 5.82 Å². The highest BCUT2D eigenvalue weighted by molar-refractivity contribution is 5.75. The number of rotatable bonds is 7. The highest BCUT2D eigenvalue weighted by Crippen LogP contribution is 2.18. The van der Waals surface area contributed by atoms with Crippen LogP contribution in [0.15, 0.2) is 24.3 Å². The standard InChI is InChI=1S/C18H28N4O/c1-2-22-17-6-4-3-5-16(17)20-18(22)14-19-13-15-7-9-21(10-8-15)11-12-23/h3-6,15,19,23H,2,7-14H2,1H3. The van der Waals surface area contributed by atoms with Gasteiger partial charge in [-0.2, -0.15) is 0 Å². The molecule has 5 nitrogen and oxygen atoms in total. The number of hydrogen-bond acceptors (Lipinski definition) is 4. The number of piperidine rings is 1. The number of nitrogens with zero attached hydrogens (tertiary/aromatic N) is 3. The Morgan fingerprint density at radius 1 is 1.26 bits per heavy atom. The number of aliphatic hydroxyl groups is 1. The third kappa shape index (κ3) is 3.91. The molecular formula is C18H28N4O. The van der Waals surface area contributed by atoms with E-state index in [1.54, 1.807) is 0 Å². The van der Waals surface area contributed by atoms with E-state index in [1.165, 1.54) is 18.4 Å². The van der Waals surface area contributed by atoms with Gasteiger partial charge in [-0.3, -0.25) is 0 Å². The molecular weight excluding hydrogens is 288 g/mol. The molecule has 0 bridgehead atoms. The third-order valence-electron chi connectivity index (χ3n) is 4.89. The van der Waals surface area contributed by atoms with Crippen molar-refractivity contribution in [3.05, 3.63) is 30.1 Å². The summed E-state index contributed by atoms with van der Waals surface area (Å²) in [5.41, 5.74) is 2.31. The Hall–Kier alpha value is -1.43. The van der Waals surface area contributed by atoms with Gasteiger partial charge in [0.15, 0.2) is 0 Å². The number of fused-ring (bicyclic) bond motifs is 1. The molecule has 1 aliphatic heterocycles. The van der Waals surface area contributed by atoms with Crippen molar-refractivity contribution in [2.24, 2.45) is 5.92 Å². The second-order valence-corrected chi connectivity index (χ2v) is 6.40. The normalized spacial score (nSPS) is 17.1. The SMILES string of the molecule is CCn1c(CNCC2CCN(CCO)CC2)nc2ccccc21.